The molecule has 7 nitrogen and oxygen atoms in total. The summed E-state index contributed by atoms with van der Waals surface area (Å²) in [6.45, 7) is 2.65. The first kappa shape index (κ1) is 19.8. The minimum Gasteiger partial charge on any atom is -0.495 e. The van der Waals surface area contributed by atoms with Crippen molar-refractivity contribution in [1.29, 1.82) is 0 Å². The zero-order chi connectivity index (χ0) is 22.4. The normalized spacial score (nSPS) is 30.7. The molecule has 8 heteroatoms. The molecule has 3 saturated heterocycles. The second-order valence-corrected chi connectivity index (χ2v) is 9.44. The van der Waals surface area contributed by atoms with Crippen LogP contribution >= 0.6 is 11.6 Å². The maximum Gasteiger partial charge on any atom is 0.250 e. The number of halogens is 1. The van der Waals surface area contributed by atoms with Gasteiger partial charge in [-0.1, -0.05) is 29.3 Å². The van der Waals surface area contributed by atoms with Gasteiger partial charge in [0.15, 0.2) is 0 Å². The van der Waals surface area contributed by atoms with E-state index in [0.29, 0.717) is 28.7 Å². The minimum absolute atomic E-state index is 0.163. The van der Waals surface area contributed by atoms with E-state index in [0.717, 1.165) is 24.0 Å². The van der Waals surface area contributed by atoms with Crippen molar-refractivity contribution < 1.29 is 19.1 Å². The molecule has 4 atom stereocenters. The number of ether oxygens (including phenoxy) is 1. The lowest BCUT2D eigenvalue weighted by molar-refractivity contribution is -0.135. The smallest absolute Gasteiger partial charge is 0.250 e. The fraction of sp³-hybridized carbons (Fsp3) is 0.375. The Morgan fingerprint density at radius 3 is 2.72 bits per heavy atom. The third kappa shape index (κ3) is 2.22. The van der Waals surface area contributed by atoms with Crippen LogP contribution in [-0.4, -0.2) is 42.3 Å². The van der Waals surface area contributed by atoms with E-state index < -0.39 is 17.4 Å². The molecule has 2 aromatic carbocycles. The first-order valence-corrected chi connectivity index (χ1v) is 11.2. The number of carbonyl (C=O) groups is 3. The minimum atomic E-state index is -1.18. The average Bonchev–Trinajstić information content (AvgIpc) is 3.46. The predicted octanol–water partition coefficient (Wildman–Crippen LogP) is 3.09. The van der Waals surface area contributed by atoms with Gasteiger partial charge in [0.2, 0.25) is 17.7 Å². The number of anilines is 2. The number of nitrogens with zero attached hydrogens (tertiary/aromatic N) is 2. The zero-order valence-corrected chi connectivity index (χ0v) is 18.5. The molecule has 0 aliphatic carbocycles. The Bertz CT molecular complexity index is 1210. The fourth-order valence-corrected chi connectivity index (χ4v) is 6.56. The van der Waals surface area contributed by atoms with E-state index in [9.17, 15) is 14.4 Å². The molecule has 164 valence electrons. The van der Waals surface area contributed by atoms with Crippen molar-refractivity contribution in [2.24, 2.45) is 11.8 Å². The van der Waals surface area contributed by atoms with Crippen molar-refractivity contribution in [3.05, 3.63) is 52.5 Å². The second kappa shape index (κ2) is 6.56. The zero-order valence-electron chi connectivity index (χ0n) is 17.7. The predicted molar refractivity (Wildman–Crippen MR) is 119 cm³/mol. The molecule has 0 bridgehead atoms. The summed E-state index contributed by atoms with van der Waals surface area (Å²) in [7, 11) is 1.49. The number of hydrogen-bond donors (Lipinski definition) is 1. The number of hydrogen-bond acceptors (Lipinski definition) is 5. The summed E-state index contributed by atoms with van der Waals surface area (Å²) in [5.74, 6) is -1.89. The molecule has 2 aromatic rings. The molecule has 6 rings (SSSR count). The molecule has 4 heterocycles. The Morgan fingerprint density at radius 1 is 1.12 bits per heavy atom. The first-order chi connectivity index (χ1) is 15.4. The Morgan fingerprint density at radius 2 is 1.94 bits per heavy atom. The van der Waals surface area contributed by atoms with E-state index in [1.54, 1.807) is 18.2 Å². The summed E-state index contributed by atoms with van der Waals surface area (Å²) in [5, 5.41) is 3.39. The highest BCUT2D eigenvalue weighted by molar-refractivity contribution is 6.32. The van der Waals surface area contributed by atoms with Crippen LogP contribution in [0.15, 0.2) is 36.4 Å². The molecular weight excluding hydrogens is 430 g/mol. The highest BCUT2D eigenvalue weighted by Crippen LogP contribution is 2.61. The molecular formula is C24H22ClN3O4. The van der Waals surface area contributed by atoms with Crippen molar-refractivity contribution in [3.63, 3.8) is 0 Å². The summed E-state index contributed by atoms with van der Waals surface area (Å²) in [6, 6.07) is 10.5. The van der Waals surface area contributed by atoms with Crippen LogP contribution < -0.4 is 15.0 Å². The van der Waals surface area contributed by atoms with Crippen molar-refractivity contribution in [2.75, 3.05) is 23.9 Å². The highest BCUT2D eigenvalue weighted by atomic mass is 35.5. The molecule has 0 aromatic heterocycles. The summed E-state index contributed by atoms with van der Waals surface area (Å²) in [4.78, 5) is 44.8. The molecule has 3 amide bonds. The van der Waals surface area contributed by atoms with Gasteiger partial charge in [0.25, 0.3) is 0 Å². The van der Waals surface area contributed by atoms with E-state index in [2.05, 4.69) is 10.2 Å². The number of nitrogens with one attached hydrogen (secondary N) is 1. The van der Waals surface area contributed by atoms with Crippen LogP contribution in [0.3, 0.4) is 0 Å². The number of methoxy groups -OCH3 is 1. The number of amides is 3. The maximum absolute atomic E-state index is 14.0. The van der Waals surface area contributed by atoms with E-state index in [1.807, 2.05) is 25.1 Å². The molecule has 0 saturated carbocycles. The number of aryl methyl sites for hydroxylation is 1. The van der Waals surface area contributed by atoms with Crippen LogP contribution in [0, 0.1) is 18.8 Å². The molecule has 1 spiro atoms. The van der Waals surface area contributed by atoms with Crippen molar-refractivity contribution >= 4 is 40.7 Å². The second-order valence-electron chi connectivity index (χ2n) is 9.00. The number of carbonyl (C=O) groups excluding carboxylic acids is 3. The van der Waals surface area contributed by atoms with E-state index in [1.165, 1.54) is 12.0 Å². The van der Waals surface area contributed by atoms with Gasteiger partial charge < -0.3 is 10.1 Å². The van der Waals surface area contributed by atoms with E-state index in [4.69, 9.17) is 16.3 Å². The molecule has 0 unspecified atom stereocenters. The van der Waals surface area contributed by atoms with Gasteiger partial charge in [-0.15, -0.1) is 0 Å². The third-order valence-corrected chi connectivity index (χ3v) is 7.76. The van der Waals surface area contributed by atoms with E-state index >= 15 is 0 Å². The molecule has 1 N–H and O–H groups in total. The molecule has 32 heavy (non-hydrogen) atoms. The number of fused-ring (bicyclic) bond motifs is 7. The van der Waals surface area contributed by atoms with Crippen LogP contribution in [0.25, 0.3) is 0 Å². The van der Waals surface area contributed by atoms with Gasteiger partial charge in [-0.3, -0.25) is 19.3 Å². The fourth-order valence-electron chi connectivity index (χ4n) is 6.39. The van der Waals surface area contributed by atoms with Gasteiger partial charge in [0, 0.05) is 22.3 Å². The van der Waals surface area contributed by atoms with Gasteiger partial charge in [-0.25, -0.2) is 4.90 Å². The molecule has 4 aliphatic heterocycles. The monoisotopic (exact) mass is 451 g/mol. The van der Waals surface area contributed by atoms with Crippen molar-refractivity contribution in [1.82, 2.24) is 4.90 Å². The lowest BCUT2D eigenvalue weighted by atomic mass is 9.75. The average molecular weight is 452 g/mol. The largest absolute Gasteiger partial charge is 0.495 e. The summed E-state index contributed by atoms with van der Waals surface area (Å²) >= 11 is 6.21. The van der Waals surface area contributed by atoms with Gasteiger partial charge >= 0.3 is 0 Å². The van der Waals surface area contributed by atoms with Gasteiger partial charge in [-0.05, 0) is 50.6 Å². The molecule has 4 aliphatic rings. The quantitative estimate of drug-likeness (QED) is 0.710. The van der Waals surface area contributed by atoms with Crippen molar-refractivity contribution in [3.8, 4) is 5.75 Å². The maximum atomic E-state index is 14.0. The first-order valence-electron chi connectivity index (χ1n) is 10.8. The highest BCUT2D eigenvalue weighted by Gasteiger charge is 2.74. The number of rotatable bonds is 2. The van der Waals surface area contributed by atoms with Crippen LogP contribution in [0.1, 0.15) is 24.0 Å². The summed E-state index contributed by atoms with van der Waals surface area (Å²) < 4.78 is 5.43. The van der Waals surface area contributed by atoms with Gasteiger partial charge in [0.05, 0.1) is 24.6 Å². The Kier molecular flexibility index (Phi) is 4.05. The van der Waals surface area contributed by atoms with Crippen LogP contribution in [0.5, 0.6) is 5.75 Å². The standard InChI is InChI=1S/C24H22ClN3O4/c1-12-5-7-15-14(10-12)24(23(31)26-15)20-19(16-4-3-9-27(16)24)21(29)28(22(20)30)17-11-13(25)6-8-18(17)32-2/h5-8,10-11,16,19-20H,3-4,9H2,1-2H3,(H,26,31)/t16-,19+,20-,24-/m0/s1. The number of imide groups is 1. The topological polar surface area (TPSA) is 78.9 Å². The summed E-state index contributed by atoms with van der Waals surface area (Å²) in [5.41, 5.74) is 1.66. The van der Waals surface area contributed by atoms with Crippen LogP contribution in [0.2, 0.25) is 5.02 Å². The van der Waals surface area contributed by atoms with Gasteiger partial charge in [-0.2, -0.15) is 0 Å². The van der Waals surface area contributed by atoms with Crippen LogP contribution in [0.4, 0.5) is 11.4 Å². The van der Waals surface area contributed by atoms with E-state index in [-0.39, 0.29) is 23.8 Å². The lowest BCUT2D eigenvalue weighted by Gasteiger charge is -2.36. The number of benzene rings is 2. The Hall–Kier alpha value is -2.90. The SMILES string of the molecule is COc1ccc(Cl)cc1N1C(=O)[C@H]2[C@@H](C1=O)[C@@]1(C(=O)Nc3ccc(C)cc31)N1CCC[C@@H]21. The van der Waals surface area contributed by atoms with Gasteiger partial charge in [0.1, 0.15) is 11.3 Å². The Labute approximate surface area is 190 Å². The molecule has 3 fully saturated rings. The molecule has 0 radical (unpaired) electrons. The van der Waals surface area contributed by atoms with Crippen molar-refractivity contribution in [2.45, 2.75) is 31.3 Å². The third-order valence-electron chi connectivity index (χ3n) is 7.53. The summed E-state index contributed by atoms with van der Waals surface area (Å²) in [6.07, 6.45) is 1.66. The Balaban J connectivity index is 1.57. The van der Waals surface area contributed by atoms with Crippen LogP contribution in [-0.2, 0) is 19.9 Å². The lowest BCUT2D eigenvalue weighted by Crippen LogP contribution is -2.54.